The molecule has 0 radical (unpaired) electrons. The summed E-state index contributed by atoms with van der Waals surface area (Å²) in [5.74, 6) is -0.0179. The number of methoxy groups -OCH3 is 1. The third-order valence-electron chi connectivity index (χ3n) is 4.63. The second-order valence-corrected chi connectivity index (χ2v) is 6.85. The van der Waals surface area contributed by atoms with Crippen molar-refractivity contribution >= 4 is 5.97 Å². The van der Waals surface area contributed by atoms with Gasteiger partial charge in [-0.15, -0.1) is 0 Å². The summed E-state index contributed by atoms with van der Waals surface area (Å²) in [7, 11) is 1.24. The van der Waals surface area contributed by atoms with Gasteiger partial charge < -0.3 is 18.7 Å². The van der Waals surface area contributed by atoms with E-state index in [1.165, 1.54) is 19.4 Å². The lowest BCUT2D eigenvalue weighted by Crippen LogP contribution is -2.32. The fraction of sp³-hybridized carbons (Fsp3) is 0.125. The number of carbonyl (C=O) groups is 1. The average molecular weight is 433 g/mol. The Balaban J connectivity index is 1.64. The maximum Gasteiger partial charge on any atom is 0.376 e. The summed E-state index contributed by atoms with van der Waals surface area (Å²) in [4.78, 5) is 11.7. The van der Waals surface area contributed by atoms with Crippen LogP contribution in [0.1, 0.15) is 21.7 Å². The van der Waals surface area contributed by atoms with Crippen LogP contribution in [0.3, 0.4) is 0 Å². The molecule has 162 valence electrons. The number of nitrogens with zero attached hydrogens (tertiary/aromatic N) is 2. The first-order valence-corrected chi connectivity index (χ1v) is 9.82. The zero-order chi connectivity index (χ0) is 22.3. The highest BCUT2D eigenvalue weighted by Gasteiger charge is 2.25. The summed E-state index contributed by atoms with van der Waals surface area (Å²) in [6.45, 7) is 0.585. The molecule has 1 N–H and O–H groups in total. The minimum Gasteiger partial charge on any atom is -0.484 e. The van der Waals surface area contributed by atoms with Gasteiger partial charge in [0.15, 0.2) is 11.4 Å². The van der Waals surface area contributed by atoms with Crippen LogP contribution in [0.15, 0.2) is 83.5 Å². The molecule has 0 spiro atoms. The van der Waals surface area contributed by atoms with Crippen LogP contribution in [-0.2, 0) is 18.0 Å². The minimum atomic E-state index is -0.670. The lowest BCUT2D eigenvalue weighted by molar-refractivity contribution is -0.896. The van der Waals surface area contributed by atoms with E-state index >= 15 is 0 Å². The van der Waals surface area contributed by atoms with E-state index in [0.717, 1.165) is 15.9 Å². The SMILES string of the molecule is COC(=O)c1cc(-c2cc(OCc3ccccc3)c(OCc3ccccc3)c[n+]2O)no1. The molecular formula is C24H21N2O6+. The molecule has 0 fully saturated rings. The van der Waals surface area contributed by atoms with Gasteiger partial charge in [0, 0.05) is 10.8 Å². The molecule has 0 amide bonds. The summed E-state index contributed by atoms with van der Waals surface area (Å²) >= 11 is 0. The van der Waals surface area contributed by atoms with E-state index in [-0.39, 0.29) is 17.1 Å². The Bertz CT molecular complexity index is 1190. The minimum absolute atomic E-state index is 0.0846. The van der Waals surface area contributed by atoms with Gasteiger partial charge in [0.05, 0.1) is 13.2 Å². The molecule has 2 aromatic heterocycles. The molecule has 0 saturated heterocycles. The van der Waals surface area contributed by atoms with E-state index in [2.05, 4.69) is 9.89 Å². The predicted octanol–water partition coefficient (Wildman–Crippen LogP) is 3.81. The van der Waals surface area contributed by atoms with Crippen LogP contribution >= 0.6 is 0 Å². The van der Waals surface area contributed by atoms with Gasteiger partial charge in [-0.3, -0.25) is 5.21 Å². The molecule has 0 atom stereocenters. The average Bonchev–Trinajstić information content (AvgIpc) is 3.33. The third-order valence-corrected chi connectivity index (χ3v) is 4.63. The van der Waals surface area contributed by atoms with Crippen molar-refractivity contribution in [1.82, 2.24) is 5.16 Å². The van der Waals surface area contributed by atoms with Crippen molar-refractivity contribution in [3.63, 3.8) is 0 Å². The molecule has 32 heavy (non-hydrogen) atoms. The van der Waals surface area contributed by atoms with Crippen LogP contribution in [0.2, 0.25) is 0 Å². The first-order chi connectivity index (χ1) is 15.6. The number of pyridine rings is 1. The van der Waals surface area contributed by atoms with Crippen molar-refractivity contribution in [3.8, 4) is 22.9 Å². The monoisotopic (exact) mass is 433 g/mol. The van der Waals surface area contributed by atoms with Gasteiger partial charge in [0.2, 0.25) is 11.5 Å². The summed E-state index contributed by atoms with van der Waals surface area (Å²) in [5, 5.41) is 14.4. The first kappa shape index (κ1) is 20.9. The van der Waals surface area contributed by atoms with Gasteiger partial charge in [-0.25, -0.2) is 4.79 Å². The third kappa shape index (κ3) is 4.86. The first-order valence-electron chi connectivity index (χ1n) is 9.82. The van der Waals surface area contributed by atoms with Crippen LogP contribution in [0.4, 0.5) is 0 Å². The zero-order valence-corrected chi connectivity index (χ0v) is 17.3. The standard InChI is InChI=1S/C24H21N2O6/c1-29-24(27)22-12-19(25-32-22)20-13-21(30-15-17-8-4-2-5-9-17)23(14-26(20)28)31-16-18-10-6-3-7-11-18/h2-14,28H,15-16H2,1H3/q+1. The maximum absolute atomic E-state index is 11.7. The Kier molecular flexibility index (Phi) is 6.31. The zero-order valence-electron chi connectivity index (χ0n) is 17.3. The van der Waals surface area contributed by atoms with E-state index in [1.807, 2.05) is 60.7 Å². The molecule has 2 aromatic carbocycles. The van der Waals surface area contributed by atoms with Crippen molar-refractivity contribution in [2.45, 2.75) is 13.2 Å². The van der Waals surface area contributed by atoms with Crippen molar-refractivity contribution in [3.05, 3.63) is 95.9 Å². The molecule has 0 aliphatic carbocycles. The van der Waals surface area contributed by atoms with Crippen molar-refractivity contribution in [1.29, 1.82) is 0 Å². The molecular weight excluding hydrogens is 412 g/mol. The summed E-state index contributed by atoms with van der Waals surface area (Å²) in [6, 6.07) is 22.3. The lowest BCUT2D eigenvalue weighted by Gasteiger charge is -2.12. The van der Waals surface area contributed by atoms with Gasteiger partial charge in [0.1, 0.15) is 13.2 Å². The molecule has 0 unspecified atom stereocenters. The van der Waals surface area contributed by atoms with Gasteiger partial charge in [-0.2, -0.15) is 0 Å². The molecule has 4 aromatic rings. The number of carbonyl (C=O) groups excluding carboxylic acids is 1. The van der Waals surface area contributed by atoms with Crippen LogP contribution < -0.4 is 14.2 Å². The molecule has 0 bridgehead atoms. The van der Waals surface area contributed by atoms with Crippen molar-refractivity contribution in [2.75, 3.05) is 7.11 Å². The number of aromatic nitrogens is 2. The maximum atomic E-state index is 11.7. The molecule has 0 aliphatic rings. The van der Waals surface area contributed by atoms with Gasteiger partial charge in [0.25, 0.3) is 11.9 Å². The van der Waals surface area contributed by atoms with E-state index in [0.29, 0.717) is 24.7 Å². The molecule has 0 aliphatic heterocycles. The fourth-order valence-corrected chi connectivity index (χ4v) is 2.98. The largest absolute Gasteiger partial charge is 0.484 e. The predicted molar refractivity (Wildman–Crippen MR) is 112 cm³/mol. The van der Waals surface area contributed by atoms with Gasteiger partial charge in [-0.05, 0) is 11.1 Å². The van der Waals surface area contributed by atoms with Crippen LogP contribution in [-0.4, -0.2) is 23.4 Å². The number of rotatable bonds is 8. The topological polar surface area (TPSA) is 94.9 Å². The Labute approximate surface area is 184 Å². The number of hydrogen-bond donors (Lipinski definition) is 1. The highest BCUT2D eigenvalue weighted by molar-refractivity contribution is 5.87. The van der Waals surface area contributed by atoms with Crippen LogP contribution in [0.25, 0.3) is 11.4 Å². The number of ether oxygens (including phenoxy) is 3. The lowest BCUT2D eigenvalue weighted by atomic mass is 10.2. The Morgan fingerprint density at radius 2 is 1.53 bits per heavy atom. The van der Waals surface area contributed by atoms with Gasteiger partial charge in [-0.1, -0.05) is 65.8 Å². The highest BCUT2D eigenvalue weighted by atomic mass is 16.6. The van der Waals surface area contributed by atoms with Crippen molar-refractivity contribution in [2.24, 2.45) is 0 Å². The van der Waals surface area contributed by atoms with Gasteiger partial charge >= 0.3 is 5.97 Å². The summed E-state index contributed by atoms with van der Waals surface area (Å²) in [5.41, 5.74) is 2.42. The Hall–Kier alpha value is -4.33. The molecule has 0 saturated carbocycles. The van der Waals surface area contributed by atoms with Crippen LogP contribution in [0.5, 0.6) is 11.5 Å². The molecule has 4 rings (SSSR count). The Morgan fingerprint density at radius 1 is 0.938 bits per heavy atom. The molecule has 8 heteroatoms. The summed E-state index contributed by atoms with van der Waals surface area (Å²) in [6.07, 6.45) is 1.38. The normalized spacial score (nSPS) is 10.5. The Morgan fingerprint density at radius 3 is 2.12 bits per heavy atom. The number of hydrogen-bond acceptors (Lipinski definition) is 7. The summed E-state index contributed by atoms with van der Waals surface area (Å²) < 4.78 is 22.4. The fourth-order valence-electron chi connectivity index (χ4n) is 2.98. The van der Waals surface area contributed by atoms with Crippen LogP contribution in [0, 0.1) is 0 Å². The molecule has 8 nitrogen and oxygen atoms in total. The van der Waals surface area contributed by atoms with E-state index in [1.54, 1.807) is 6.07 Å². The number of esters is 1. The van der Waals surface area contributed by atoms with Crippen molar-refractivity contribution < 1.29 is 33.5 Å². The number of benzene rings is 2. The quantitative estimate of drug-likeness (QED) is 0.256. The highest BCUT2D eigenvalue weighted by Crippen LogP contribution is 2.31. The van der Waals surface area contributed by atoms with E-state index in [4.69, 9.17) is 14.0 Å². The molecule has 2 heterocycles. The van der Waals surface area contributed by atoms with E-state index in [9.17, 15) is 10.0 Å². The smallest absolute Gasteiger partial charge is 0.376 e. The second kappa shape index (κ2) is 9.65. The van der Waals surface area contributed by atoms with E-state index < -0.39 is 5.97 Å². The second-order valence-electron chi connectivity index (χ2n) is 6.85.